The van der Waals surface area contributed by atoms with Gasteiger partial charge >= 0.3 is 63.9 Å². The summed E-state index contributed by atoms with van der Waals surface area (Å²) < 4.78 is 0. The van der Waals surface area contributed by atoms with Gasteiger partial charge in [-0.05, 0) is 0 Å². The van der Waals surface area contributed by atoms with E-state index in [-0.39, 0.29) is 80.4 Å². The normalized spacial score (nSPS) is 0. The molecule has 0 spiro atoms. The molecule has 0 rings (SSSR count). The minimum atomic E-state index is 0. The summed E-state index contributed by atoms with van der Waals surface area (Å²) in [5, 5.41) is 0. The zero-order valence-corrected chi connectivity index (χ0v) is 6.18. The van der Waals surface area contributed by atoms with E-state index in [2.05, 4.69) is 0 Å². The Morgan fingerprint density at radius 2 is 0.500 bits per heavy atom. The maximum atomic E-state index is 0. The van der Waals surface area contributed by atoms with E-state index >= 15 is 0 Å². The Kier molecular flexibility index (Phi) is 1080. The maximum absolute atomic E-state index is 0. The van der Waals surface area contributed by atoms with E-state index < -0.39 is 0 Å². The third-order valence-corrected chi connectivity index (χ3v) is 0. The fourth-order valence-electron chi connectivity index (χ4n) is 0. The van der Waals surface area contributed by atoms with E-state index in [1.165, 1.54) is 0 Å². The molecule has 0 saturated carbocycles. The average Bonchev–Trinajstić information content (AvgIpc) is 0. The fourth-order valence-corrected chi connectivity index (χ4v) is 0. The van der Waals surface area contributed by atoms with Gasteiger partial charge in [-0.3, -0.25) is 0 Å². The molecule has 0 aliphatic carbocycles. The van der Waals surface area contributed by atoms with E-state index in [9.17, 15) is 0 Å². The Labute approximate surface area is 79.7 Å². The van der Waals surface area contributed by atoms with Crippen LogP contribution in [-0.4, -0.2) is 0 Å². The van der Waals surface area contributed by atoms with Crippen molar-refractivity contribution in [2.24, 2.45) is 0 Å². The van der Waals surface area contributed by atoms with Gasteiger partial charge in [0.1, 0.15) is 0 Å². The molecule has 6 heavy (non-hydrogen) atoms. The van der Waals surface area contributed by atoms with Crippen molar-refractivity contribution in [3.63, 3.8) is 0 Å². The second-order valence-electron chi connectivity index (χ2n) is 0. The monoisotopic (exact) mass is 152 g/mol. The topological polar surface area (TPSA) is 85.5 Å². The van der Waals surface area contributed by atoms with Gasteiger partial charge in [-0.2, -0.15) is 0 Å². The molecule has 0 atom stereocenters. The summed E-state index contributed by atoms with van der Waals surface area (Å²) in [6, 6.07) is 0. The molecule has 0 radical (unpaired) electrons. The van der Waals surface area contributed by atoms with Crippen molar-refractivity contribution in [1.29, 1.82) is 0 Å². The Bertz CT molecular complexity index is 8.75. The minimum absolute atomic E-state index is 0. The zero-order chi connectivity index (χ0) is 0. The predicted octanol–water partition coefficient (Wildman–Crippen LogP) is -6.35. The number of rotatable bonds is 0. The molecule has 0 aromatic rings. The molecule has 0 heterocycles. The van der Waals surface area contributed by atoms with Crippen molar-refractivity contribution in [1.82, 2.24) is 0 Å². The first-order valence-electron chi connectivity index (χ1n) is 0. The predicted molar refractivity (Wildman–Crippen MR) is 2.06 cm³/mol. The largest absolute Gasteiger partial charge is 4.00 e. The van der Waals surface area contributed by atoms with Gasteiger partial charge in [-0.25, -0.2) is 0 Å². The molecule has 0 aromatic heterocycles. The molecule has 0 aliphatic rings. The first-order valence-corrected chi connectivity index (χ1v) is 0. The van der Waals surface area contributed by atoms with E-state index in [1.54, 1.807) is 0 Å². The Balaban J connectivity index is 0. The van der Waals surface area contributed by atoms with Gasteiger partial charge in [0.05, 0.1) is 0 Å². The third kappa shape index (κ3) is 38.2. The molecule has 0 amide bonds. The Morgan fingerprint density at radius 3 is 0.500 bits per heavy atom. The molecule has 0 saturated heterocycles. The summed E-state index contributed by atoms with van der Waals surface area (Å²) in [5.41, 5.74) is 0. The fraction of sp³-hybridized carbons (Fsp3) is 0. The van der Waals surface area contributed by atoms with E-state index in [4.69, 9.17) is 0 Å². The molecule has 3 nitrogen and oxygen atoms in total. The summed E-state index contributed by atoms with van der Waals surface area (Å²) in [6.07, 6.45) is 0. The van der Waals surface area contributed by atoms with Gasteiger partial charge in [0.25, 0.3) is 0 Å². The second-order valence-corrected chi connectivity index (χ2v) is 0. The Hall–Kier alpha value is 1.96. The standard InChI is InChI=1S/2Li.3O.Zr/q2*+1;3*-2;+4. The van der Waals surface area contributed by atoms with Crippen molar-refractivity contribution < 1.29 is 80.4 Å². The van der Waals surface area contributed by atoms with E-state index in [0.29, 0.717) is 0 Å². The molecule has 0 aliphatic heterocycles. The van der Waals surface area contributed by atoms with Crippen LogP contribution >= 0.6 is 0 Å². The minimum Gasteiger partial charge on any atom is -2.00 e. The average molecular weight is 153 g/mol. The van der Waals surface area contributed by atoms with Gasteiger partial charge in [0.15, 0.2) is 0 Å². The Morgan fingerprint density at radius 1 is 0.500 bits per heavy atom. The van der Waals surface area contributed by atoms with Gasteiger partial charge in [0, 0.05) is 0 Å². The third-order valence-electron chi connectivity index (χ3n) is 0. The van der Waals surface area contributed by atoms with Crippen LogP contribution in [-0.2, 0) is 42.6 Å². The van der Waals surface area contributed by atoms with Crippen molar-refractivity contribution in [3.8, 4) is 0 Å². The molecule has 0 unspecified atom stereocenters. The van der Waals surface area contributed by atoms with Gasteiger partial charge in [-0.1, -0.05) is 0 Å². The first kappa shape index (κ1) is 101. The van der Waals surface area contributed by atoms with Crippen molar-refractivity contribution >= 4 is 0 Å². The number of hydrogen-bond donors (Lipinski definition) is 0. The van der Waals surface area contributed by atoms with Crippen LogP contribution in [0.15, 0.2) is 0 Å². The summed E-state index contributed by atoms with van der Waals surface area (Å²) in [5.74, 6) is 0. The van der Waals surface area contributed by atoms with Crippen LogP contribution in [0.25, 0.3) is 0 Å². The summed E-state index contributed by atoms with van der Waals surface area (Å²) in [4.78, 5) is 0. The molecule has 24 valence electrons. The van der Waals surface area contributed by atoms with Crippen LogP contribution in [0.3, 0.4) is 0 Å². The van der Waals surface area contributed by atoms with Gasteiger partial charge in [0.2, 0.25) is 0 Å². The number of hydrogen-bond acceptors (Lipinski definition) is 0. The molecular formula is Li2O3Zr. The first-order chi connectivity index (χ1) is 0. The van der Waals surface area contributed by atoms with Crippen LogP contribution in [0, 0.1) is 0 Å². The van der Waals surface area contributed by atoms with Gasteiger partial charge in [-0.15, -0.1) is 0 Å². The van der Waals surface area contributed by atoms with E-state index in [0.717, 1.165) is 0 Å². The quantitative estimate of drug-likeness (QED) is 0.310. The molecule has 6 heteroatoms. The maximum Gasteiger partial charge on any atom is 4.00 e. The van der Waals surface area contributed by atoms with Crippen LogP contribution in [0.4, 0.5) is 0 Å². The summed E-state index contributed by atoms with van der Waals surface area (Å²) in [6.45, 7) is 0. The van der Waals surface area contributed by atoms with Crippen molar-refractivity contribution in [2.45, 2.75) is 0 Å². The SMILES string of the molecule is [Li+].[Li+].[O-2].[O-2].[O-2].[Zr+4]. The van der Waals surface area contributed by atoms with Crippen LogP contribution in [0.1, 0.15) is 0 Å². The smallest absolute Gasteiger partial charge is 2.00 e. The van der Waals surface area contributed by atoms with Crippen molar-refractivity contribution in [3.05, 3.63) is 0 Å². The zero-order valence-electron chi connectivity index (χ0n) is 3.72. The molecule has 0 fully saturated rings. The molecular weight excluding hydrogens is 153 g/mol. The molecule has 0 bridgehead atoms. The molecule has 0 N–H and O–H groups in total. The van der Waals surface area contributed by atoms with Crippen LogP contribution < -0.4 is 37.7 Å². The second kappa shape index (κ2) is 64.4. The summed E-state index contributed by atoms with van der Waals surface area (Å²) >= 11 is 0. The van der Waals surface area contributed by atoms with Crippen LogP contribution in [0.2, 0.25) is 0 Å². The van der Waals surface area contributed by atoms with E-state index in [1.807, 2.05) is 0 Å². The van der Waals surface area contributed by atoms with Crippen molar-refractivity contribution in [2.75, 3.05) is 0 Å². The van der Waals surface area contributed by atoms with Crippen LogP contribution in [0.5, 0.6) is 0 Å². The summed E-state index contributed by atoms with van der Waals surface area (Å²) in [7, 11) is 0. The molecule has 0 aromatic carbocycles. The van der Waals surface area contributed by atoms with Gasteiger partial charge < -0.3 is 16.4 Å².